The van der Waals surface area contributed by atoms with Crippen LogP contribution in [0.4, 0.5) is 11.4 Å². The van der Waals surface area contributed by atoms with Crippen molar-refractivity contribution < 1.29 is 13.3 Å². The minimum Gasteiger partial charge on any atom is -0.369 e. The van der Waals surface area contributed by atoms with E-state index in [2.05, 4.69) is 4.90 Å². The Morgan fingerprint density at radius 2 is 1.69 bits per heavy atom. The Morgan fingerprint density at radius 3 is 2.27 bits per heavy atom. The molecule has 0 atom stereocenters. The molecule has 138 valence electrons. The largest absolute Gasteiger partial charge is 0.369 e. The number of anilines is 1. The normalized spacial score (nSPS) is 15.8. The van der Waals surface area contributed by atoms with Crippen molar-refractivity contribution in [1.29, 1.82) is 0 Å². The average molecular weight is 375 g/mol. The molecule has 1 saturated heterocycles. The number of benzene rings is 2. The lowest BCUT2D eigenvalue weighted by atomic mass is 10.0. The summed E-state index contributed by atoms with van der Waals surface area (Å²) in [5.41, 5.74) is 2.65. The summed E-state index contributed by atoms with van der Waals surface area (Å²) in [5, 5.41) is 11.4. The molecule has 0 radical (unpaired) electrons. The minimum absolute atomic E-state index is 0.104. The molecule has 0 aromatic heterocycles. The van der Waals surface area contributed by atoms with E-state index in [1.807, 2.05) is 36.4 Å². The third kappa shape index (κ3) is 4.20. The topological polar surface area (TPSA) is 83.8 Å². The molecule has 3 rings (SSSR count). The molecule has 1 heterocycles. The van der Waals surface area contributed by atoms with Crippen LogP contribution in [-0.2, 0) is 16.4 Å². The van der Waals surface area contributed by atoms with Crippen LogP contribution in [0, 0.1) is 10.1 Å². The zero-order chi connectivity index (χ0) is 18.7. The van der Waals surface area contributed by atoms with E-state index in [9.17, 15) is 18.5 Å². The Bertz CT molecular complexity index is 892. The predicted molar refractivity (Wildman–Crippen MR) is 101 cm³/mol. The van der Waals surface area contributed by atoms with Crippen molar-refractivity contribution in [1.82, 2.24) is 4.31 Å². The van der Waals surface area contributed by atoms with E-state index in [4.69, 9.17) is 0 Å². The van der Waals surface area contributed by atoms with Crippen LogP contribution in [0.15, 0.2) is 48.5 Å². The summed E-state index contributed by atoms with van der Waals surface area (Å²) in [5.74, 6) is 0. The summed E-state index contributed by atoms with van der Waals surface area (Å²) in [6.07, 6.45) is 1.70. The Labute approximate surface area is 153 Å². The van der Waals surface area contributed by atoms with Crippen molar-refractivity contribution in [2.45, 2.75) is 6.42 Å². The highest BCUT2D eigenvalue weighted by Gasteiger charge is 2.24. The molecular weight excluding hydrogens is 354 g/mol. The molecule has 1 fully saturated rings. The van der Waals surface area contributed by atoms with Gasteiger partial charge in [0, 0.05) is 49.9 Å². The molecule has 0 saturated carbocycles. The molecule has 1 aliphatic rings. The second kappa shape index (κ2) is 7.43. The van der Waals surface area contributed by atoms with Crippen molar-refractivity contribution in [3.8, 4) is 0 Å². The zero-order valence-electron chi connectivity index (χ0n) is 14.5. The first-order valence-electron chi connectivity index (χ1n) is 8.36. The number of nitro benzene ring substituents is 1. The van der Waals surface area contributed by atoms with Gasteiger partial charge in [0.15, 0.2) is 0 Å². The third-order valence-electron chi connectivity index (χ3n) is 4.57. The van der Waals surface area contributed by atoms with E-state index in [0.29, 0.717) is 38.2 Å². The monoisotopic (exact) mass is 375 g/mol. The van der Waals surface area contributed by atoms with Gasteiger partial charge in [-0.25, -0.2) is 8.42 Å². The standard InChI is InChI=1S/C18H21N3O4S/c1-26(24,25)20-11-9-19(10-12-20)17-7-8-18(21(22)23)16(14-17)13-15-5-3-2-4-6-15/h2-8,14H,9-13H2,1H3. The quantitative estimate of drug-likeness (QED) is 0.591. The van der Waals surface area contributed by atoms with Gasteiger partial charge in [-0.15, -0.1) is 0 Å². The van der Waals surface area contributed by atoms with Crippen molar-refractivity contribution in [2.24, 2.45) is 0 Å². The molecular formula is C18H21N3O4S. The first-order chi connectivity index (χ1) is 12.3. The summed E-state index contributed by atoms with van der Waals surface area (Å²) in [4.78, 5) is 13.1. The van der Waals surface area contributed by atoms with E-state index in [-0.39, 0.29) is 10.6 Å². The highest BCUT2D eigenvalue weighted by atomic mass is 32.2. The molecule has 1 aliphatic heterocycles. The molecule has 0 amide bonds. The number of hydrogen-bond donors (Lipinski definition) is 0. The first-order valence-corrected chi connectivity index (χ1v) is 10.2. The molecule has 0 unspecified atom stereocenters. The van der Waals surface area contributed by atoms with Crippen molar-refractivity contribution in [3.63, 3.8) is 0 Å². The van der Waals surface area contributed by atoms with E-state index < -0.39 is 10.0 Å². The molecule has 26 heavy (non-hydrogen) atoms. The molecule has 0 spiro atoms. The lowest BCUT2D eigenvalue weighted by molar-refractivity contribution is -0.385. The van der Waals surface area contributed by atoms with Gasteiger partial charge >= 0.3 is 0 Å². The SMILES string of the molecule is CS(=O)(=O)N1CCN(c2ccc([N+](=O)[O-])c(Cc3ccccc3)c2)CC1. The first kappa shape index (κ1) is 18.3. The van der Waals surface area contributed by atoms with Crippen molar-refractivity contribution in [2.75, 3.05) is 37.3 Å². The number of nitro groups is 1. The van der Waals surface area contributed by atoms with Gasteiger partial charge in [-0.2, -0.15) is 4.31 Å². The van der Waals surface area contributed by atoms with Crippen LogP contribution in [0.25, 0.3) is 0 Å². The van der Waals surface area contributed by atoms with Gasteiger partial charge in [-0.05, 0) is 17.7 Å². The summed E-state index contributed by atoms with van der Waals surface area (Å²) in [6, 6.07) is 14.8. The summed E-state index contributed by atoms with van der Waals surface area (Å²) in [6.45, 7) is 1.97. The van der Waals surface area contributed by atoms with Crippen LogP contribution >= 0.6 is 0 Å². The maximum absolute atomic E-state index is 11.6. The molecule has 0 aliphatic carbocycles. The lowest BCUT2D eigenvalue weighted by Crippen LogP contribution is -2.48. The molecule has 2 aromatic carbocycles. The second-order valence-corrected chi connectivity index (χ2v) is 8.36. The number of hydrogen-bond acceptors (Lipinski definition) is 5. The maximum atomic E-state index is 11.6. The summed E-state index contributed by atoms with van der Waals surface area (Å²) < 4.78 is 24.7. The third-order valence-corrected chi connectivity index (χ3v) is 5.87. The van der Waals surface area contributed by atoms with E-state index >= 15 is 0 Å². The maximum Gasteiger partial charge on any atom is 0.273 e. The fourth-order valence-corrected chi connectivity index (χ4v) is 4.01. The van der Waals surface area contributed by atoms with Crippen LogP contribution in [-0.4, -0.2) is 50.1 Å². The summed E-state index contributed by atoms with van der Waals surface area (Å²) in [7, 11) is -3.18. The second-order valence-electron chi connectivity index (χ2n) is 6.38. The Balaban J connectivity index is 1.83. The molecule has 0 N–H and O–H groups in total. The van der Waals surface area contributed by atoms with Gasteiger partial charge in [0.1, 0.15) is 0 Å². The van der Waals surface area contributed by atoms with Crippen LogP contribution < -0.4 is 4.90 Å². The molecule has 8 heteroatoms. The van der Waals surface area contributed by atoms with Gasteiger partial charge in [-0.3, -0.25) is 10.1 Å². The predicted octanol–water partition coefficient (Wildman–Crippen LogP) is 2.27. The molecule has 2 aromatic rings. The fourth-order valence-electron chi connectivity index (χ4n) is 3.18. The van der Waals surface area contributed by atoms with Crippen LogP contribution in [0.2, 0.25) is 0 Å². The molecule has 0 bridgehead atoms. The zero-order valence-corrected chi connectivity index (χ0v) is 15.4. The highest BCUT2D eigenvalue weighted by Crippen LogP contribution is 2.28. The fraction of sp³-hybridized carbons (Fsp3) is 0.333. The summed E-state index contributed by atoms with van der Waals surface area (Å²) >= 11 is 0. The van der Waals surface area contributed by atoms with Gasteiger partial charge in [0.2, 0.25) is 10.0 Å². The number of rotatable bonds is 5. The number of sulfonamides is 1. The van der Waals surface area contributed by atoms with E-state index in [1.165, 1.54) is 16.6 Å². The Kier molecular flexibility index (Phi) is 5.24. The van der Waals surface area contributed by atoms with Crippen LogP contribution in [0.5, 0.6) is 0 Å². The van der Waals surface area contributed by atoms with E-state index in [0.717, 1.165) is 11.3 Å². The van der Waals surface area contributed by atoms with E-state index in [1.54, 1.807) is 6.07 Å². The van der Waals surface area contributed by atoms with Gasteiger partial charge in [0.25, 0.3) is 5.69 Å². The van der Waals surface area contributed by atoms with Crippen molar-refractivity contribution in [3.05, 3.63) is 69.8 Å². The van der Waals surface area contributed by atoms with Gasteiger partial charge in [0.05, 0.1) is 11.2 Å². The molecule has 7 nitrogen and oxygen atoms in total. The van der Waals surface area contributed by atoms with Crippen molar-refractivity contribution >= 4 is 21.4 Å². The number of piperazine rings is 1. The lowest BCUT2D eigenvalue weighted by Gasteiger charge is -2.34. The van der Waals surface area contributed by atoms with Gasteiger partial charge < -0.3 is 4.90 Å². The Hall–Kier alpha value is -2.45. The Morgan fingerprint density at radius 1 is 1.04 bits per heavy atom. The van der Waals surface area contributed by atoms with Crippen LogP contribution in [0.3, 0.4) is 0 Å². The minimum atomic E-state index is -3.18. The smallest absolute Gasteiger partial charge is 0.273 e. The van der Waals surface area contributed by atoms with Gasteiger partial charge in [-0.1, -0.05) is 30.3 Å². The highest BCUT2D eigenvalue weighted by molar-refractivity contribution is 7.88. The average Bonchev–Trinajstić information content (AvgIpc) is 2.62. The number of nitrogens with zero attached hydrogens (tertiary/aromatic N) is 3. The van der Waals surface area contributed by atoms with Crippen LogP contribution in [0.1, 0.15) is 11.1 Å².